The molecule has 0 bridgehead atoms. The van der Waals surface area contributed by atoms with E-state index in [0.29, 0.717) is 25.5 Å². The number of carbonyl (C=O) groups excluding carboxylic acids is 1. The number of nitrogens with one attached hydrogen (secondary N) is 2. The smallest absolute Gasteiger partial charge is 0.229 e. The van der Waals surface area contributed by atoms with E-state index in [1.807, 2.05) is 79.3 Å². The molecule has 7 nitrogen and oxygen atoms in total. The van der Waals surface area contributed by atoms with E-state index in [9.17, 15) is 4.79 Å². The summed E-state index contributed by atoms with van der Waals surface area (Å²) in [5.41, 5.74) is 1.83. The first-order valence-electron chi connectivity index (χ1n) is 9.60. The Morgan fingerprint density at radius 1 is 1.21 bits per heavy atom. The standard InChI is InChI=1S/C21H28N6O.HI/c1-4-22-21(23-14-16-9-8-12-19(24-16)26(2)3)25-17-13-20(28)27(15-17)18-10-6-5-7-11-18;/h5-12,17H,4,13-15H2,1-3H3,(H2,22,23,25);1H. The summed E-state index contributed by atoms with van der Waals surface area (Å²) in [4.78, 5) is 25.5. The van der Waals surface area contributed by atoms with Crippen molar-refractivity contribution in [3.63, 3.8) is 0 Å². The van der Waals surface area contributed by atoms with Crippen molar-refractivity contribution >= 4 is 47.3 Å². The van der Waals surface area contributed by atoms with Crippen LogP contribution in [0.1, 0.15) is 19.0 Å². The van der Waals surface area contributed by atoms with Gasteiger partial charge in [0.15, 0.2) is 5.96 Å². The molecule has 0 aliphatic carbocycles. The van der Waals surface area contributed by atoms with Crippen LogP contribution < -0.4 is 20.4 Å². The molecule has 29 heavy (non-hydrogen) atoms. The summed E-state index contributed by atoms with van der Waals surface area (Å²) in [6.07, 6.45) is 0.452. The van der Waals surface area contributed by atoms with Crippen LogP contribution in [0, 0.1) is 0 Å². The van der Waals surface area contributed by atoms with E-state index in [1.165, 1.54) is 0 Å². The molecule has 1 unspecified atom stereocenters. The summed E-state index contributed by atoms with van der Waals surface area (Å²) in [6.45, 7) is 3.87. The number of carbonyl (C=O) groups is 1. The molecule has 2 N–H and O–H groups in total. The van der Waals surface area contributed by atoms with E-state index >= 15 is 0 Å². The minimum atomic E-state index is 0. The van der Waals surface area contributed by atoms with Crippen LogP contribution >= 0.6 is 24.0 Å². The zero-order chi connectivity index (χ0) is 19.9. The molecule has 1 aromatic heterocycles. The Bertz CT molecular complexity index is 827. The van der Waals surface area contributed by atoms with Gasteiger partial charge in [-0.05, 0) is 31.2 Å². The zero-order valence-electron chi connectivity index (χ0n) is 17.1. The Kier molecular flexibility index (Phi) is 8.69. The highest BCUT2D eigenvalue weighted by molar-refractivity contribution is 14.0. The molecule has 3 rings (SSSR count). The summed E-state index contributed by atoms with van der Waals surface area (Å²) >= 11 is 0. The average molecular weight is 508 g/mol. The summed E-state index contributed by atoms with van der Waals surface area (Å²) in [7, 11) is 3.94. The van der Waals surface area contributed by atoms with Gasteiger partial charge in [0.1, 0.15) is 5.82 Å². The van der Waals surface area contributed by atoms with Crippen LogP contribution in [0.15, 0.2) is 53.5 Å². The fourth-order valence-corrected chi connectivity index (χ4v) is 3.14. The summed E-state index contributed by atoms with van der Waals surface area (Å²) < 4.78 is 0. The number of anilines is 2. The van der Waals surface area contributed by atoms with Gasteiger partial charge in [-0.25, -0.2) is 9.98 Å². The molecule has 1 saturated heterocycles. The highest BCUT2D eigenvalue weighted by atomic mass is 127. The van der Waals surface area contributed by atoms with Crippen molar-refractivity contribution in [3.8, 4) is 0 Å². The first-order valence-corrected chi connectivity index (χ1v) is 9.60. The first kappa shape index (κ1) is 22.9. The molecule has 8 heteroatoms. The van der Waals surface area contributed by atoms with Crippen LogP contribution in [0.25, 0.3) is 0 Å². The maximum absolute atomic E-state index is 12.4. The number of aliphatic imine (C=N–C) groups is 1. The number of amides is 1. The van der Waals surface area contributed by atoms with Crippen LogP contribution in [0.4, 0.5) is 11.5 Å². The van der Waals surface area contributed by atoms with Gasteiger partial charge < -0.3 is 20.4 Å². The summed E-state index contributed by atoms with van der Waals surface area (Å²) in [6, 6.07) is 15.7. The minimum Gasteiger partial charge on any atom is -0.363 e. The molecule has 0 radical (unpaired) electrons. The number of hydrogen-bond acceptors (Lipinski definition) is 4. The molecular weight excluding hydrogens is 479 g/mol. The third-order valence-electron chi connectivity index (χ3n) is 4.53. The van der Waals surface area contributed by atoms with Gasteiger partial charge in [-0.3, -0.25) is 4.79 Å². The third kappa shape index (κ3) is 6.31. The maximum Gasteiger partial charge on any atom is 0.229 e. The number of benzene rings is 1. The predicted molar refractivity (Wildman–Crippen MR) is 129 cm³/mol. The summed E-state index contributed by atoms with van der Waals surface area (Å²) in [5.74, 6) is 1.73. The highest BCUT2D eigenvalue weighted by Gasteiger charge is 2.31. The lowest BCUT2D eigenvalue weighted by atomic mass is 10.2. The Balaban J connectivity index is 0.00000300. The summed E-state index contributed by atoms with van der Waals surface area (Å²) in [5, 5.41) is 6.65. The molecule has 2 aromatic rings. The van der Waals surface area contributed by atoms with Gasteiger partial charge in [0.25, 0.3) is 0 Å². The van der Waals surface area contributed by atoms with Gasteiger partial charge in [0.2, 0.25) is 5.91 Å². The van der Waals surface area contributed by atoms with E-state index in [0.717, 1.165) is 23.7 Å². The Morgan fingerprint density at radius 3 is 2.66 bits per heavy atom. The minimum absolute atomic E-state index is 0. The lowest BCUT2D eigenvalue weighted by Crippen LogP contribution is -2.44. The van der Waals surface area contributed by atoms with Gasteiger partial charge in [0, 0.05) is 39.3 Å². The quantitative estimate of drug-likeness (QED) is 0.357. The maximum atomic E-state index is 12.4. The molecule has 1 fully saturated rings. The Labute approximate surface area is 189 Å². The number of aromatic nitrogens is 1. The van der Waals surface area contributed by atoms with Crippen LogP contribution in [0.2, 0.25) is 0 Å². The molecule has 1 aromatic carbocycles. The van der Waals surface area contributed by atoms with Crippen molar-refractivity contribution < 1.29 is 4.79 Å². The molecule has 0 spiro atoms. The van der Waals surface area contributed by atoms with Gasteiger partial charge in [-0.15, -0.1) is 24.0 Å². The number of para-hydroxylation sites is 1. The zero-order valence-corrected chi connectivity index (χ0v) is 19.5. The van der Waals surface area contributed by atoms with Gasteiger partial charge in [0.05, 0.1) is 18.3 Å². The number of pyridine rings is 1. The second-order valence-electron chi connectivity index (χ2n) is 6.96. The van der Waals surface area contributed by atoms with Crippen molar-refractivity contribution in [1.82, 2.24) is 15.6 Å². The lowest BCUT2D eigenvalue weighted by Gasteiger charge is -2.19. The van der Waals surface area contributed by atoms with Crippen molar-refractivity contribution in [2.75, 3.05) is 37.0 Å². The second-order valence-corrected chi connectivity index (χ2v) is 6.96. The topological polar surface area (TPSA) is 72.9 Å². The third-order valence-corrected chi connectivity index (χ3v) is 4.53. The van der Waals surface area contributed by atoms with Crippen LogP contribution in [0.3, 0.4) is 0 Å². The number of rotatable bonds is 6. The fraction of sp³-hybridized carbons (Fsp3) is 0.381. The average Bonchev–Trinajstić information content (AvgIpc) is 3.07. The lowest BCUT2D eigenvalue weighted by molar-refractivity contribution is -0.117. The molecule has 1 amide bonds. The van der Waals surface area contributed by atoms with E-state index in [-0.39, 0.29) is 35.9 Å². The molecule has 1 atom stereocenters. The van der Waals surface area contributed by atoms with Crippen LogP contribution in [-0.4, -0.2) is 50.1 Å². The predicted octanol–water partition coefficient (Wildman–Crippen LogP) is 2.63. The number of halogens is 1. The normalized spacial score (nSPS) is 16.4. The number of hydrogen-bond donors (Lipinski definition) is 2. The largest absolute Gasteiger partial charge is 0.363 e. The van der Waals surface area contributed by atoms with Gasteiger partial charge >= 0.3 is 0 Å². The van der Waals surface area contributed by atoms with Crippen molar-refractivity contribution in [3.05, 3.63) is 54.2 Å². The van der Waals surface area contributed by atoms with Crippen molar-refractivity contribution in [1.29, 1.82) is 0 Å². The van der Waals surface area contributed by atoms with E-state index in [4.69, 9.17) is 0 Å². The SMILES string of the molecule is CCNC(=NCc1cccc(N(C)C)n1)NC1CC(=O)N(c2ccccc2)C1.I. The molecule has 156 valence electrons. The van der Waals surface area contributed by atoms with E-state index in [2.05, 4.69) is 20.6 Å². The van der Waals surface area contributed by atoms with Crippen molar-refractivity contribution in [2.45, 2.75) is 25.9 Å². The number of guanidine groups is 1. The first-order chi connectivity index (χ1) is 13.6. The van der Waals surface area contributed by atoms with Crippen molar-refractivity contribution in [2.24, 2.45) is 4.99 Å². The van der Waals surface area contributed by atoms with Gasteiger partial charge in [-0.2, -0.15) is 0 Å². The molecule has 1 aliphatic heterocycles. The van der Waals surface area contributed by atoms with Gasteiger partial charge in [-0.1, -0.05) is 24.3 Å². The second kappa shape index (κ2) is 11.0. The van der Waals surface area contributed by atoms with Crippen LogP contribution in [-0.2, 0) is 11.3 Å². The molecular formula is C21H29IN6O. The number of nitrogens with zero attached hydrogens (tertiary/aromatic N) is 4. The molecule has 0 saturated carbocycles. The van der Waals surface area contributed by atoms with E-state index in [1.54, 1.807) is 0 Å². The molecule has 1 aliphatic rings. The fourth-order valence-electron chi connectivity index (χ4n) is 3.14. The van der Waals surface area contributed by atoms with E-state index < -0.39 is 0 Å². The molecule has 2 heterocycles. The highest BCUT2D eigenvalue weighted by Crippen LogP contribution is 2.21. The Hall–Kier alpha value is -2.36. The van der Waals surface area contributed by atoms with Crippen LogP contribution in [0.5, 0.6) is 0 Å². The Morgan fingerprint density at radius 2 is 1.97 bits per heavy atom. The monoisotopic (exact) mass is 508 g/mol.